The van der Waals surface area contributed by atoms with Gasteiger partial charge in [0.1, 0.15) is 4.90 Å². The first-order chi connectivity index (χ1) is 9.23. The molecule has 0 amide bonds. The molecule has 0 aliphatic heterocycles. The third kappa shape index (κ3) is 3.76. The van der Waals surface area contributed by atoms with Crippen LogP contribution in [0.25, 0.3) is 0 Å². The summed E-state index contributed by atoms with van der Waals surface area (Å²) in [6.07, 6.45) is 0. The zero-order valence-corrected chi connectivity index (χ0v) is 14.3. The second-order valence-corrected chi connectivity index (χ2v) is 7.33. The Morgan fingerprint density at radius 2 is 1.95 bits per heavy atom. The third-order valence-corrected chi connectivity index (χ3v) is 5.68. The minimum Gasteiger partial charge on any atom is -0.409 e. The lowest BCUT2D eigenvalue weighted by atomic mass is 10.4. The molecule has 1 aromatic carbocycles. The summed E-state index contributed by atoms with van der Waals surface area (Å²) >= 11 is 15.1. The van der Waals surface area contributed by atoms with Crippen LogP contribution in [-0.2, 0) is 10.0 Å². The maximum Gasteiger partial charge on any atom is 0.246 e. The van der Waals surface area contributed by atoms with Crippen LogP contribution < -0.4 is 5.73 Å². The van der Waals surface area contributed by atoms with Crippen LogP contribution in [0.15, 0.2) is 26.7 Å². The van der Waals surface area contributed by atoms with Crippen molar-refractivity contribution in [1.82, 2.24) is 4.31 Å². The zero-order chi connectivity index (χ0) is 15.5. The topological polar surface area (TPSA) is 96.0 Å². The van der Waals surface area contributed by atoms with E-state index in [2.05, 4.69) is 21.1 Å². The monoisotopic (exact) mass is 403 g/mol. The molecule has 0 unspecified atom stereocenters. The van der Waals surface area contributed by atoms with Crippen LogP contribution in [0.3, 0.4) is 0 Å². The van der Waals surface area contributed by atoms with Crippen LogP contribution in [0, 0.1) is 0 Å². The van der Waals surface area contributed by atoms with Crippen molar-refractivity contribution in [1.29, 1.82) is 0 Å². The first kappa shape index (κ1) is 17.5. The number of likely N-dealkylation sites (N-methyl/N-ethyl adjacent to an activating group) is 1. The fourth-order valence-electron chi connectivity index (χ4n) is 1.48. The molecule has 0 aromatic heterocycles. The normalized spacial score (nSPS) is 12.9. The molecule has 0 atom stereocenters. The van der Waals surface area contributed by atoms with E-state index >= 15 is 0 Å². The summed E-state index contributed by atoms with van der Waals surface area (Å²) < 4.78 is 26.6. The van der Waals surface area contributed by atoms with Crippen molar-refractivity contribution in [3.05, 3.63) is 26.7 Å². The fourth-order valence-corrected chi connectivity index (χ4v) is 4.79. The predicted molar refractivity (Wildman–Crippen MR) is 82.0 cm³/mol. The van der Waals surface area contributed by atoms with E-state index in [-0.39, 0.29) is 33.9 Å². The number of rotatable bonds is 5. The molecule has 3 N–H and O–H groups in total. The van der Waals surface area contributed by atoms with Gasteiger partial charge in [-0.3, -0.25) is 0 Å². The molecule has 0 spiro atoms. The van der Waals surface area contributed by atoms with Crippen molar-refractivity contribution < 1.29 is 13.6 Å². The lowest BCUT2D eigenvalue weighted by Gasteiger charge is -2.21. The predicted octanol–water partition coefficient (Wildman–Crippen LogP) is 2.51. The average Bonchev–Trinajstić information content (AvgIpc) is 2.33. The molecule has 1 rings (SSSR count). The average molecular weight is 405 g/mol. The first-order valence-corrected chi connectivity index (χ1v) is 8.34. The first-order valence-electron chi connectivity index (χ1n) is 5.35. The molecular formula is C10H12BrCl2N3O3S. The molecule has 0 radical (unpaired) electrons. The van der Waals surface area contributed by atoms with Gasteiger partial charge in [0.25, 0.3) is 0 Å². The van der Waals surface area contributed by atoms with Gasteiger partial charge in [0.15, 0.2) is 5.84 Å². The molecule has 0 fully saturated rings. The standard InChI is InChI=1S/C10H12BrCl2N3O3S/c1-2-16(5-9(14)15-17)20(18,19)10-7(12)3-6(11)4-8(10)13/h3-4,17H,2,5H2,1H3,(H2,14,15). The molecule has 112 valence electrons. The molecule has 10 heteroatoms. The van der Waals surface area contributed by atoms with Gasteiger partial charge in [-0.2, -0.15) is 4.31 Å². The van der Waals surface area contributed by atoms with E-state index in [1.807, 2.05) is 0 Å². The Labute approximate surface area is 135 Å². The van der Waals surface area contributed by atoms with E-state index in [4.69, 9.17) is 34.1 Å². The number of benzene rings is 1. The molecule has 20 heavy (non-hydrogen) atoms. The minimum absolute atomic E-state index is 0.0117. The number of oxime groups is 1. The van der Waals surface area contributed by atoms with Gasteiger partial charge in [-0.25, -0.2) is 8.42 Å². The van der Waals surface area contributed by atoms with Crippen molar-refractivity contribution in [3.63, 3.8) is 0 Å². The van der Waals surface area contributed by atoms with Crippen molar-refractivity contribution in [2.75, 3.05) is 13.1 Å². The Bertz CT molecular complexity index is 614. The Morgan fingerprint density at radius 1 is 1.45 bits per heavy atom. The Hall–Kier alpha value is -0.540. The number of sulfonamides is 1. The summed E-state index contributed by atoms with van der Waals surface area (Å²) in [5.41, 5.74) is 5.34. The molecule has 0 aliphatic carbocycles. The molecule has 0 heterocycles. The van der Waals surface area contributed by atoms with Gasteiger partial charge in [0.2, 0.25) is 10.0 Å². The summed E-state index contributed by atoms with van der Waals surface area (Å²) in [4.78, 5) is -0.211. The van der Waals surface area contributed by atoms with Crippen molar-refractivity contribution in [2.24, 2.45) is 10.9 Å². The fraction of sp³-hybridized carbons (Fsp3) is 0.300. The highest BCUT2D eigenvalue weighted by molar-refractivity contribution is 9.10. The summed E-state index contributed by atoms with van der Waals surface area (Å²) in [6.45, 7) is 1.46. The van der Waals surface area contributed by atoms with Crippen molar-refractivity contribution in [3.8, 4) is 0 Å². The molecule has 0 saturated carbocycles. The van der Waals surface area contributed by atoms with E-state index in [9.17, 15) is 8.42 Å². The van der Waals surface area contributed by atoms with E-state index < -0.39 is 10.0 Å². The number of hydrogen-bond acceptors (Lipinski definition) is 4. The minimum atomic E-state index is -3.96. The van der Waals surface area contributed by atoms with Gasteiger partial charge in [-0.15, -0.1) is 0 Å². The van der Waals surface area contributed by atoms with Gasteiger partial charge >= 0.3 is 0 Å². The van der Waals surface area contributed by atoms with Gasteiger partial charge in [-0.05, 0) is 12.1 Å². The number of halogens is 3. The second kappa shape index (κ2) is 6.95. The molecular weight excluding hydrogens is 393 g/mol. The Balaban J connectivity index is 3.35. The van der Waals surface area contributed by atoms with E-state index in [0.717, 1.165) is 4.31 Å². The quantitative estimate of drug-likeness (QED) is 0.341. The number of hydrogen-bond donors (Lipinski definition) is 2. The number of nitrogens with zero attached hydrogens (tertiary/aromatic N) is 2. The van der Waals surface area contributed by atoms with Crippen LogP contribution in [-0.4, -0.2) is 36.9 Å². The van der Waals surface area contributed by atoms with Crippen LogP contribution >= 0.6 is 39.1 Å². The maximum absolute atomic E-state index is 12.5. The largest absolute Gasteiger partial charge is 0.409 e. The van der Waals surface area contributed by atoms with Gasteiger partial charge < -0.3 is 10.9 Å². The highest BCUT2D eigenvalue weighted by atomic mass is 79.9. The van der Waals surface area contributed by atoms with Gasteiger partial charge in [0.05, 0.1) is 16.6 Å². The van der Waals surface area contributed by atoms with Gasteiger partial charge in [-0.1, -0.05) is 51.2 Å². The summed E-state index contributed by atoms with van der Waals surface area (Å²) in [5.74, 6) is -0.236. The maximum atomic E-state index is 12.5. The Kier molecular flexibility index (Phi) is 6.08. The highest BCUT2D eigenvalue weighted by Crippen LogP contribution is 2.34. The van der Waals surface area contributed by atoms with Crippen molar-refractivity contribution >= 4 is 55.0 Å². The molecule has 1 aromatic rings. The lowest BCUT2D eigenvalue weighted by Crippen LogP contribution is -2.38. The SMILES string of the molecule is CCN(CC(N)=NO)S(=O)(=O)c1c(Cl)cc(Br)cc1Cl. The number of nitrogens with two attached hydrogens (primary N) is 1. The highest BCUT2D eigenvalue weighted by Gasteiger charge is 2.29. The second-order valence-electron chi connectivity index (χ2n) is 3.72. The molecule has 0 bridgehead atoms. The van der Waals surface area contributed by atoms with Crippen LogP contribution in [0.4, 0.5) is 0 Å². The summed E-state index contributed by atoms with van der Waals surface area (Å²) in [6, 6.07) is 2.86. The summed E-state index contributed by atoms with van der Waals surface area (Å²) in [7, 11) is -3.96. The summed E-state index contributed by atoms with van der Waals surface area (Å²) in [5, 5.41) is 11.3. The van der Waals surface area contributed by atoms with E-state index in [1.165, 1.54) is 12.1 Å². The van der Waals surface area contributed by atoms with Crippen molar-refractivity contribution in [2.45, 2.75) is 11.8 Å². The van der Waals surface area contributed by atoms with E-state index in [1.54, 1.807) is 6.92 Å². The van der Waals surface area contributed by atoms with Crippen LogP contribution in [0.1, 0.15) is 6.92 Å². The van der Waals surface area contributed by atoms with Gasteiger partial charge in [0, 0.05) is 11.0 Å². The Morgan fingerprint density at radius 3 is 2.35 bits per heavy atom. The van der Waals surface area contributed by atoms with Crippen LogP contribution in [0.5, 0.6) is 0 Å². The third-order valence-electron chi connectivity index (χ3n) is 2.38. The lowest BCUT2D eigenvalue weighted by molar-refractivity contribution is 0.315. The number of amidine groups is 1. The zero-order valence-electron chi connectivity index (χ0n) is 10.3. The van der Waals surface area contributed by atoms with Crippen LogP contribution in [0.2, 0.25) is 10.0 Å². The molecule has 6 nitrogen and oxygen atoms in total. The van der Waals surface area contributed by atoms with E-state index in [0.29, 0.717) is 4.47 Å². The molecule has 0 saturated heterocycles. The smallest absolute Gasteiger partial charge is 0.246 e. The molecule has 0 aliphatic rings.